The highest BCUT2D eigenvalue weighted by molar-refractivity contribution is 7.89. The lowest BCUT2D eigenvalue weighted by atomic mass is 10.1. The third kappa shape index (κ3) is 3.62. The first-order valence-corrected chi connectivity index (χ1v) is 9.26. The Morgan fingerprint density at radius 1 is 1.20 bits per heavy atom. The van der Waals surface area contributed by atoms with Gasteiger partial charge in [-0.1, -0.05) is 29.4 Å². The molecule has 25 heavy (non-hydrogen) atoms. The highest BCUT2D eigenvalue weighted by Gasteiger charge is 2.22. The minimum absolute atomic E-state index is 0.155. The largest absolute Gasteiger partial charge is 0.339 e. The topological polar surface area (TPSA) is 114 Å². The molecule has 0 aliphatic carbocycles. The quantitative estimate of drug-likeness (QED) is 0.693. The van der Waals surface area contributed by atoms with Crippen LogP contribution in [0.1, 0.15) is 22.8 Å². The molecule has 0 saturated heterocycles. The molecule has 9 heteroatoms. The Labute approximate surface area is 145 Å². The van der Waals surface area contributed by atoms with E-state index >= 15 is 0 Å². The molecule has 132 valence electrons. The highest BCUT2D eigenvalue weighted by Crippen LogP contribution is 2.20. The van der Waals surface area contributed by atoms with E-state index in [1.165, 1.54) is 0 Å². The summed E-state index contributed by atoms with van der Waals surface area (Å²) in [6, 6.07) is 7.72. The minimum Gasteiger partial charge on any atom is -0.339 e. The van der Waals surface area contributed by atoms with Crippen molar-refractivity contribution in [3.05, 3.63) is 47.1 Å². The summed E-state index contributed by atoms with van der Waals surface area (Å²) < 4.78 is 32.5. The summed E-state index contributed by atoms with van der Waals surface area (Å²) in [6.45, 7) is 5.43. The molecule has 0 radical (unpaired) electrons. The monoisotopic (exact) mass is 361 g/mol. The summed E-state index contributed by atoms with van der Waals surface area (Å²) in [4.78, 5) is 4.51. The average Bonchev–Trinajstić information content (AvgIpc) is 3.15. The van der Waals surface area contributed by atoms with Crippen LogP contribution in [0.25, 0.3) is 11.4 Å². The van der Waals surface area contributed by atoms with Gasteiger partial charge in [-0.25, -0.2) is 13.1 Å². The van der Waals surface area contributed by atoms with E-state index in [4.69, 9.17) is 4.52 Å². The van der Waals surface area contributed by atoms with Crippen LogP contribution in [0.4, 0.5) is 0 Å². The van der Waals surface area contributed by atoms with Gasteiger partial charge in [0.1, 0.15) is 4.90 Å². The summed E-state index contributed by atoms with van der Waals surface area (Å²) in [5.74, 6) is 0.874. The van der Waals surface area contributed by atoms with Crippen molar-refractivity contribution in [2.75, 3.05) is 6.54 Å². The Balaban J connectivity index is 1.66. The third-order valence-corrected chi connectivity index (χ3v) is 5.54. The number of H-pyrrole nitrogens is 1. The fourth-order valence-corrected chi connectivity index (χ4v) is 3.99. The van der Waals surface area contributed by atoms with Gasteiger partial charge in [0.2, 0.25) is 21.7 Å². The molecule has 0 spiro atoms. The van der Waals surface area contributed by atoms with Crippen LogP contribution >= 0.6 is 0 Å². The summed E-state index contributed by atoms with van der Waals surface area (Å²) in [7, 11) is -3.63. The van der Waals surface area contributed by atoms with Crippen LogP contribution in [-0.4, -0.2) is 35.3 Å². The predicted molar refractivity (Wildman–Crippen MR) is 91.4 cm³/mol. The summed E-state index contributed by atoms with van der Waals surface area (Å²) in [5.41, 5.74) is 2.87. The number of aromatic amines is 1. The zero-order chi connectivity index (χ0) is 18.0. The zero-order valence-corrected chi connectivity index (χ0v) is 15.0. The zero-order valence-electron chi connectivity index (χ0n) is 14.2. The van der Waals surface area contributed by atoms with Crippen LogP contribution in [0.15, 0.2) is 33.7 Å². The first-order valence-electron chi connectivity index (χ1n) is 7.78. The summed E-state index contributed by atoms with van der Waals surface area (Å²) in [5, 5.41) is 10.5. The Hall–Kier alpha value is -2.52. The van der Waals surface area contributed by atoms with Gasteiger partial charge >= 0.3 is 0 Å². The molecule has 0 amide bonds. The van der Waals surface area contributed by atoms with Crippen molar-refractivity contribution in [2.24, 2.45) is 0 Å². The van der Waals surface area contributed by atoms with E-state index in [1.54, 1.807) is 13.8 Å². The second-order valence-corrected chi connectivity index (χ2v) is 7.44. The maximum atomic E-state index is 12.4. The number of nitrogens with one attached hydrogen (secondary N) is 2. The third-order valence-electron chi connectivity index (χ3n) is 3.81. The maximum absolute atomic E-state index is 12.4. The van der Waals surface area contributed by atoms with Gasteiger partial charge in [0.05, 0.1) is 11.4 Å². The normalized spacial score (nSPS) is 11.8. The maximum Gasteiger partial charge on any atom is 0.244 e. The van der Waals surface area contributed by atoms with Gasteiger partial charge in [0.25, 0.3) is 0 Å². The number of benzene rings is 1. The fraction of sp³-hybridized carbons (Fsp3) is 0.312. The summed E-state index contributed by atoms with van der Waals surface area (Å²) in [6.07, 6.45) is 0.300. The molecule has 2 aromatic heterocycles. The summed E-state index contributed by atoms with van der Waals surface area (Å²) >= 11 is 0. The molecule has 0 bridgehead atoms. The molecule has 0 aliphatic heterocycles. The van der Waals surface area contributed by atoms with Crippen molar-refractivity contribution in [2.45, 2.75) is 32.1 Å². The molecule has 1 aromatic carbocycles. The number of nitrogens with zero attached hydrogens (tertiary/aromatic N) is 3. The number of rotatable bonds is 6. The molecule has 2 N–H and O–H groups in total. The first-order chi connectivity index (χ1) is 11.9. The SMILES string of the molecule is Cc1ccccc1-c1noc(CCNS(=O)(=O)c2c(C)n[nH]c2C)n1. The highest BCUT2D eigenvalue weighted by atomic mass is 32.2. The van der Waals surface area contributed by atoms with Crippen molar-refractivity contribution in [1.29, 1.82) is 0 Å². The lowest BCUT2D eigenvalue weighted by Crippen LogP contribution is -2.27. The van der Waals surface area contributed by atoms with Gasteiger partial charge < -0.3 is 4.52 Å². The van der Waals surface area contributed by atoms with E-state index in [0.717, 1.165) is 11.1 Å². The van der Waals surface area contributed by atoms with Gasteiger partial charge in [-0.05, 0) is 26.3 Å². The van der Waals surface area contributed by atoms with E-state index in [9.17, 15) is 8.42 Å². The Morgan fingerprint density at radius 3 is 2.64 bits per heavy atom. The number of sulfonamides is 1. The number of aryl methyl sites for hydroxylation is 3. The number of hydrogen-bond acceptors (Lipinski definition) is 6. The van der Waals surface area contributed by atoms with Gasteiger partial charge in [0.15, 0.2) is 0 Å². The van der Waals surface area contributed by atoms with Crippen LogP contribution in [0, 0.1) is 20.8 Å². The van der Waals surface area contributed by atoms with Crippen molar-refractivity contribution in [3.63, 3.8) is 0 Å². The van der Waals surface area contributed by atoms with Crippen molar-refractivity contribution in [3.8, 4) is 11.4 Å². The average molecular weight is 361 g/mol. The van der Waals surface area contributed by atoms with E-state index in [0.29, 0.717) is 29.5 Å². The number of hydrogen-bond donors (Lipinski definition) is 2. The standard InChI is InChI=1S/C16H19N5O3S/c1-10-6-4-5-7-13(10)16-18-14(24-21-16)8-9-17-25(22,23)15-11(2)19-20-12(15)3/h4-7,17H,8-9H2,1-3H3,(H,19,20). The molecule has 2 heterocycles. The molecule has 0 aliphatic rings. The van der Waals surface area contributed by atoms with Crippen molar-refractivity contribution >= 4 is 10.0 Å². The molecule has 0 unspecified atom stereocenters. The first kappa shape index (κ1) is 17.3. The molecule has 8 nitrogen and oxygen atoms in total. The van der Waals surface area contributed by atoms with E-state index < -0.39 is 10.0 Å². The number of aromatic nitrogens is 4. The van der Waals surface area contributed by atoms with Crippen LogP contribution in [-0.2, 0) is 16.4 Å². The minimum atomic E-state index is -3.63. The molecule has 3 aromatic rings. The molecular formula is C16H19N5O3S. The Kier molecular flexibility index (Phi) is 4.69. The van der Waals surface area contributed by atoms with Crippen LogP contribution in [0.2, 0.25) is 0 Å². The molecule has 3 rings (SSSR count). The van der Waals surface area contributed by atoms with Crippen LogP contribution in [0.5, 0.6) is 0 Å². The van der Waals surface area contributed by atoms with Gasteiger partial charge in [-0.15, -0.1) is 0 Å². The van der Waals surface area contributed by atoms with Crippen molar-refractivity contribution < 1.29 is 12.9 Å². The van der Waals surface area contributed by atoms with E-state index in [1.807, 2.05) is 31.2 Å². The van der Waals surface area contributed by atoms with Crippen molar-refractivity contribution in [1.82, 2.24) is 25.1 Å². The van der Waals surface area contributed by atoms with E-state index in [-0.39, 0.29) is 11.4 Å². The molecule has 0 saturated carbocycles. The van der Waals surface area contributed by atoms with E-state index in [2.05, 4.69) is 25.1 Å². The predicted octanol–water partition coefficient (Wildman–Crippen LogP) is 1.91. The fourth-order valence-electron chi connectivity index (χ4n) is 2.59. The Morgan fingerprint density at radius 2 is 1.96 bits per heavy atom. The molecule has 0 atom stereocenters. The lowest BCUT2D eigenvalue weighted by molar-refractivity contribution is 0.379. The molecular weight excluding hydrogens is 342 g/mol. The second-order valence-electron chi connectivity index (χ2n) is 5.74. The van der Waals surface area contributed by atoms with Gasteiger partial charge in [0, 0.05) is 18.5 Å². The Bertz CT molecular complexity index is 971. The van der Waals surface area contributed by atoms with Crippen LogP contribution in [0.3, 0.4) is 0 Å². The molecule has 0 fully saturated rings. The van der Waals surface area contributed by atoms with Crippen LogP contribution < -0.4 is 4.72 Å². The smallest absolute Gasteiger partial charge is 0.244 e. The van der Waals surface area contributed by atoms with Gasteiger partial charge in [-0.2, -0.15) is 10.1 Å². The lowest BCUT2D eigenvalue weighted by Gasteiger charge is -2.05. The second kappa shape index (κ2) is 6.77. The van der Waals surface area contributed by atoms with Gasteiger partial charge in [-0.3, -0.25) is 5.10 Å².